The lowest BCUT2D eigenvalue weighted by Gasteiger charge is -1.93. The Morgan fingerprint density at radius 3 is 2.83 bits per heavy atom. The van der Waals surface area contributed by atoms with Crippen LogP contribution in [-0.2, 0) is 4.79 Å². The van der Waals surface area contributed by atoms with Crippen LogP contribution in [0.5, 0.6) is 0 Å². The van der Waals surface area contributed by atoms with Gasteiger partial charge in [-0.15, -0.1) is 0 Å². The summed E-state index contributed by atoms with van der Waals surface area (Å²) in [5.74, 6) is -0.669. The Hall–Kier alpha value is -1.24. The number of amidine groups is 1. The van der Waals surface area contributed by atoms with Crippen molar-refractivity contribution in [2.24, 2.45) is 21.5 Å². The summed E-state index contributed by atoms with van der Waals surface area (Å²) >= 11 is 1.23. The lowest BCUT2D eigenvalue weighted by atomic mass is 10.4. The number of carboxylic acid groups (broad SMARTS) is 1. The van der Waals surface area contributed by atoms with Crippen LogP contribution in [0, 0.1) is 0 Å². The average Bonchev–Trinajstić information content (AvgIpc) is 2.34. The minimum Gasteiger partial charge on any atom is -0.480 e. The number of carboxylic acids is 1. The molecule has 0 aromatic carbocycles. The molecule has 0 radical (unpaired) electrons. The summed E-state index contributed by atoms with van der Waals surface area (Å²) in [6.45, 7) is 0. The van der Waals surface area contributed by atoms with Gasteiger partial charge in [-0.1, -0.05) is 11.8 Å². The first kappa shape index (κ1) is 8.85. The van der Waals surface area contributed by atoms with E-state index < -0.39 is 12.0 Å². The van der Waals surface area contributed by atoms with E-state index in [-0.39, 0.29) is 5.96 Å². The first-order valence-corrected chi connectivity index (χ1v) is 4.11. The Balaban J connectivity index is 2.66. The first-order chi connectivity index (χ1) is 5.59. The summed E-state index contributed by atoms with van der Waals surface area (Å²) in [5.41, 5.74) is 10.2. The molecule has 0 saturated carbocycles. The quantitative estimate of drug-likeness (QED) is 0.354. The van der Waals surface area contributed by atoms with Gasteiger partial charge in [0.05, 0.1) is 0 Å². The van der Waals surface area contributed by atoms with Crippen LogP contribution in [-0.4, -0.2) is 34.0 Å². The maximum absolute atomic E-state index is 10.4. The number of carbonyl (C=O) groups is 1. The van der Waals surface area contributed by atoms with Gasteiger partial charge in [0, 0.05) is 5.75 Å². The molecule has 7 heteroatoms. The van der Waals surface area contributed by atoms with E-state index in [4.69, 9.17) is 16.6 Å². The number of thioether (sulfide) groups is 1. The highest BCUT2D eigenvalue weighted by Gasteiger charge is 2.24. The van der Waals surface area contributed by atoms with Crippen LogP contribution >= 0.6 is 11.8 Å². The van der Waals surface area contributed by atoms with Crippen LogP contribution in [0.1, 0.15) is 0 Å². The first-order valence-electron chi connectivity index (χ1n) is 3.12. The zero-order chi connectivity index (χ0) is 9.14. The van der Waals surface area contributed by atoms with E-state index in [9.17, 15) is 4.79 Å². The van der Waals surface area contributed by atoms with Crippen molar-refractivity contribution < 1.29 is 9.90 Å². The highest BCUT2D eigenvalue weighted by molar-refractivity contribution is 8.14. The molecule has 0 aromatic rings. The number of hydrogen-bond acceptors (Lipinski definition) is 4. The number of nitrogens with two attached hydrogens (primary N) is 2. The number of hydrogen-bond donors (Lipinski definition) is 3. The Labute approximate surface area is 72.7 Å². The lowest BCUT2D eigenvalue weighted by molar-refractivity contribution is -0.137. The van der Waals surface area contributed by atoms with E-state index in [0.29, 0.717) is 10.9 Å². The summed E-state index contributed by atoms with van der Waals surface area (Å²) in [7, 11) is 0. The molecule has 0 spiro atoms. The second kappa shape index (κ2) is 3.44. The van der Waals surface area contributed by atoms with Crippen molar-refractivity contribution in [1.29, 1.82) is 0 Å². The van der Waals surface area contributed by atoms with Crippen LogP contribution < -0.4 is 11.5 Å². The molecule has 0 aliphatic carbocycles. The highest BCUT2D eigenvalue weighted by atomic mass is 32.2. The Morgan fingerprint density at radius 1 is 1.75 bits per heavy atom. The van der Waals surface area contributed by atoms with Gasteiger partial charge in [0.25, 0.3) is 0 Å². The van der Waals surface area contributed by atoms with E-state index in [0.717, 1.165) is 0 Å². The van der Waals surface area contributed by atoms with Gasteiger partial charge in [-0.25, -0.2) is 9.79 Å². The summed E-state index contributed by atoms with van der Waals surface area (Å²) in [4.78, 5) is 17.8. The molecule has 12 heavy (non-hydrogen) atoms. The van der Waals surface area contributed by atoms with Crippen molar-refractivity contribution in [3.8, 4) is 0 Å². The Bertz CT molecular complexity index is 258. The molecule has 1 heterocycles. The number of rotatable bonds is 1. The Morgan fingerprint density at radius 2 is 2.42 bits per heavy atom. The fourth-order valence-electron chi connectivity index (χ4n) is 0.659. The van der Waals surface area contributed by atoms with Crippen molar-refractivity contribution >= 4 is 28.9 Å². The standard InChI is InChI=1S/C5H8N4O2S/c6-4(7)9-5-8-2(1-12-5)3(10)11/h2H,1H2,(H,10,11)(H4,6,7,8,9)/t2-/m0/s1. The van der Waals surface area contributed by atoms with Crippen LogP contribution in [0.4, 0.5) is 0 Å². The van der Waals surface area contributed by atoms with Crippen LogP contribution in [0.2, 0.25) is 0 Å². The molecular weight excluding hydrogens is 180 g/mol. The van der Waals surface area contributed by atoms with E-state index in [1.807, 2.05) is 0 Å². The third kappa shape index (κ3) is 2.12. The average molecular weight is 188 g/mol. The molecule has 0 saturated heterocycles. The number of guanidine groups is 1. The predicted molar refractivity (Wildman–Crippen MR) is 47.1 cm³/mol. The molecule has 1 rings (SSSR count). The van der Waals surface area contributed by atoms with Gasteiger partial charge in [0.15, 0.2) is 17.2 Å². The molecule has 5 N–H and O–H groups in total. The molecule has 0 unspecified atom stereocenters. The van der Waals surface area contributed by atoms with E-state index in [2.05, 4.69) is 9.98 Å². The van der Waals surface area contributed by atoms with Gasteiger partial charge in [-0.05, 0) is 0 Å². The van der Waals surface area contributed by atoms with E-state index >= 15 is 0 Å². The zero-order valence-electron chi connectivity index (χ0n) is 6.10. The number of nitrogens with zero attached hydrogens (tertiary/aromatic N) is 2. The molecule has 1 atom stereocenters. The lowest BCUT2D eigenvalue weighted by Crippen LogP contribution is -2.23. The third-order valence-electron chi connectivity index (χ3n) is 1.15. The molecule has 1 aliphatic rings. The van der Waals surface area contributed by atoms with Gasteiger partial charge in [-0.2, -0.15) is 4.99 Å². The maximum Gasteiger partial charge on any atom is 0.329 e. The molecule has 0 amide bonds. The Kier molecular flexibility index (Phi) is 2.54. The van der Waals surface area contributed by atoms with Crippen LogP contribution in [0.3, 0.4) is 0 Å². The van der Waals surface area contributed by atoms with Gasteiger partial charge < -0.3 is 16.6 Å². The van der Waals surface area contributed by atoms with Crippen molar-refractivity contribution in [3.63, 3.8) is 0 Å². The fourth-order valence-corrected chi connectivity index (χ4v) is 1.56. The highest BCUT2D eigenvalue weighted by Crippen LogP contribution is 2.18. The molecule has 0 aromatic heterocycles. The number of aliphatic imine (C=N–C) groups is 2. The predicted octanol–water partition coefficient (Wildman–Crippen LogP) is -1.18. The van der Waals surface area contributed by atoms with Crippen molar-refractivity contribution in [2.75, 3.05) is 5.75 Å². The van der Waals surface area contributed by atoms with Crippen molar-refractivity contribution in [1.82, 2.24) is 0 Å². The third-order valence-corrected chi connectivity index (χ3v) is 2.08. The summed E-state index contributed by atoms with van der Waals surface area (Å²) in [5, 5.41) is 8.87. The van der Waals surface area contributed by atoms with Crippen molar-refractivity contribution in [3.05, 3.63) is 0 Å². The van der Waals surface area contributed by atoms with Crippen LogP contribution in [0.15, 0.2) is 9.98 Å². The summed E-state index contributed by atoms with van der Waals surface area (Å²) in [6.07, 6.45) is 0. The smallest absolute Gasteiger partial charge is 0.329 e. The topological polar surface area (TPSA) is 114 Å². The van der Waals surface area contributed by atoms with E-state index in [1.165, 1.54) is 11.8 Å². The normalized spacial score (nSPS) is 21.7. The largest absolute Gasteiger partial charge is 0.480 e. The van der Waals surface area contributed by atoms with Crippen molar-refractivity contribution in [2.45, 2.75) is 6.04 Å². The van der Waals surface area contributed by atoms with Gasteiger partial charge in [0.1, 0.15) is 0 Å². The minimum absolute atomic E-state index is 0.104. The molecule has 6 nitrogen and oxygen atoms in total. The molecule has 0 fully saturated rings. The SMILES string of the molecule is NC(N)=NC1=N[C@H](C(=O)O)CS1. The second-order valence-corrected chi connectivity index (χ2v) is 3.10. The fraction of sp³-hybridized carbons (Fsp3) is 0.400. The molecular formula is C5H8N4O2S. The molecule has 66 valence electrons. The monoisotopic (exact) mass is 188 g/mol. The minimum atomic E-state index is -0.955. The number of aliphatic carboxylic acids is 1. The summed E-state index contributed by atoms with van der Waals surface area (Å²) < 4.78 is 0. The van der Waals surface area contributed by atoms with Gasteiger partial charge >= 0.3 is 5.97 Å². The molecule has 0 bridgehead atoms. The summed E-state index contributed by atoms with van der Waals surface area (Å²) in [6, 6.07) is -0.715. The zero-order valence-corrected chi connectivity index (χ0v) is 6.91. The second-order valence-electron chi connectivity index (χ2n) is 2.11. The van der Waals surface area contributed by atoms with Gasteiger partial charge in [-0.3, -0.25) is 0 Å². The van der Waals surface area contributed by atoms with E-state index in [1.54, 1.807) is 0 Å². The molecule has 1 aliphatic heterocycles. The van der Waals surface area contributed by atoms with Gasteiger partial charge in [0.2, 0.25) is 0 Å². The van der Waals surface area contributed by atoms with Crippen LogP contribution in [0.25, 0.3) is 0 Å². The maximum atomic E-state index is 10.4.